The number of amides is 1. The Labute approximate surface area is 203 Å². The number of benzene rings is 2. The predicted molar refractivity (Wildman–Crippen MR) is 137 cm³/mol. The van der Waals surface area contributed by atoms with Gasteiger partial charge in [-0.3, -0.25) is 19.4 Å². The van der Waals surface area contributed by atoms with E-state index in [9.17, 15) is 4.79 Å². The van der Waals surface area contributed by atoms with Gasteiger partial charge in [-0.2, -0.15) is 5.10 Å². The first-order valence-electron chi connectivity index (χ1n) is 11.3. The van der Waals surface area contributed by atoms with Gasteiger partial charge in [0.25, 0.3) is 5.91 Å². The molecular weight excluding hydrogens is 438 g/mol. The molecule has 0 saturated carbocycles. The molecule has 0 aliphatic rings. The molecule has 0 unspecified atom stereocenters. The van der Waals surface area contributed by atoms with Crippen LogP contribution in [0.25, 0.3) is 22.2 Å². The summed E-state index contributed by atoms with van der Waals surface area (Å²) in [5.74, 6) is 0.484. The largest absolute Gasteiger partial charge is 0.362 e. The number of aromatic nitrogens is 5. The summed E-state index contributed by atoms with van der Waals surface area (Å²) in [5, 5.41) is 10.6. The van der Waals surface area contributed by atoms with Gasteiger partial charge in [-0.25, -0.2) is 4.98 Å². The summed E-state index contributed by atoms with van der Waals surface area (Å²) in [6.45, 7) is 3.95. The molecule has 1 atom stereocenters. The van der Waals surface area contributed by atoms with E-state index in [-0.39, 0.29) is 11.9 Å². The van der Waals surface area contributed by atoms with Gasteiger partial charge in [-0.05, 0) is 60.9 Å². The van der Waals surface area contributed by atoms with Gasteiger partial charge in [0.15, 0.2) is 0 Å². The molecule has 174 valence electrons. The van der Waals surface area contributed by atoms with Crippen LogP contribution in [0.5, 0.6) is 0 Å². The van der Waals surface area contributed by atoms with Gasteiger partial charge >= 0.3 is 0 Å². The number of nitrogens with zero attached hydrogens (tertiary/aromatic N) is 5. The number of anilines is 2. The van der Waals surface area contributed by atoms with E-state index in [1.807, 2.05) is 81.8 Å². The third kappa shape index (κ3) is 5.01. The third-order valence-corrected chi connectivity index (χ3v) is 5.73. The number of carbonyl (C=O) groups is 1. The zero-order valence-corrected chi connectivity index (χ0v) is 19.7. The lowest BCUT2D eigenvalue weighted by atomic mass is 10.1. The number of hydrogen-bond donors (Lipinski definition) is 2. The normalized spacial score (nSPS) is 11.9. The van der Waals surface area contributed by atoms with Crippen molar-refractivity contribution in [2.45, 2.75) is 19.9 Å². The molecule has 2 aromatic carbocycles. The zero-order valence-electron chi connectivity index (χ0n) is 19.7. The average Bonchev–Trinajstić information content (AvgIpc) is 3.30. The van der Waals surface area contributed by atoms with E-state index in [1.54, 1.807) is 23.3 Å². The lowest BCUT2D eigenvalue weighted by Gasteiger charge is -2.16. The van der Waals surface area contributed by atoms with E-state index in [1.165, 1.54) is 0 Å². The molecule has 2 N–H and O–H groups in total. The molecular formula is C27H25N7O. The first kappa shape index (κ1) is 22.2. The molecule has 0 radical (unpaired) electrons. The number of aryl methyl sites for hydroxylation is 2. The maximum atomic E-state index is 12.6. The summed E-state index contributed by atoms with van der Waals surface area (Å²) in [6.07, 6.45) is 8.83. The van der Waals surface area contributed by atoms with Crippen molar-refractivity contribution in [1.29, 1.82) is 0 Å². The molecule has 5 aromatic rings. The van der Waals surface area contributed by atoms with E-state index in [4.69, 9.17) is 4.98 Å². The van der Waals surface area contributed by atoms with Crippen LogP contribution in [0.4, 0.5) is 11.5 Å². The van der Waals surface area contributed by atoms with Crippen LogP contribution in [0.2, 0.25) is 0 Å². The number of carbonyl (C=O) groups excluding carboxylic acids is 1. The first-order valence-corrected chi connectivity index (χ1v) is 11.3. The molecule has 8 nitrogen and oxygen atoms in total. The topological polar surface area (TPSA) is 97.6 Å². The van der Waals surface area contributed by atoms with Gasteiger partial charge in [0.1, 0.15) is 5.82 Å². The van der Waals surface area contributed by atoms with E-state index in [0.29, 0.717) is 17.1 Å². The average molecular weight is 464 g/mol. The standard InChI is InChI=1S/C27H25N7O/c1-17-9-21(13-28-12-17)27(35)32-23-6-4-5-19(10-23)18(2)31-26-15-29-24-8-7-20(11-25(24)33-26)22-14-30-34(3)16-22/h4-16,18H,1-3H3,(H,31,33)(H,32,35)/t18-/m0/s1. The smallest absolute Gasteiger partial charge is 0.257 e. The van der Waals surface area contributed by atoms with Crippen molar-refractivity contribution in [2.24, 2.45) is 7.05 Å². The Hall–Kier alpha value is -4.59. The van der Waals surface area contributed by atoms with Gasteiger partial charge in [0, 0.05) is 36.9 Å². The molecule has 0 aliphatic carbocycles. The second-order valence-corrected chi connectivity index (χ2v) is 8.56. The number of nitrogens with one attached hydrogen (secondary N) is 2. The Bertz CT molecular complexity index is 1530. The zero-order chi connectivity index (χ0) is 24.4. The van der Waals surface area contributed by atoms with Gasteiger partial charge in [0.05, 0.1) is 35.0 Å². The lowest BCUT2D eigenvalue weighted by Crippen LogP contribution is -2.13. The second kappa shape index (κ2) is 9.34. The molecule has 0 aliphatic heterocycles. The quantitative estimate of drug-likeness (QED) is 0.361. The van der Waals surface area contributed by atoms with Crippen LogP contribution in [0.15, 0.2) is 79.5 Å². The minimum atomic E-state index is -0.191. The number of hydrogen-bond acceptors (Lipinski definition) is 6. The molecule has 0 spiro atoms. The molecule has 8 heteroatoms. The van der Waals surface area contributed by atoms with Crippen molar-refractivity contribution in [3.63, 3.8) is 0 Å². The highest BCUT2D eigenvalue weighted by Crippen LogP contribution is 2.25. The molecule has 0 saturated heterocycles. The summed E-state index contributed by atoms with van der Waals surface area (Å²) < 4.78 is 1.78. The summed E-state index contributed by atoms with van der Waals surface area (Å²) >= 11 is 0. The Balaban J connectivity index is 1.33. The van der Waals surface area contributed by atoms with Gasteiger partial charge < -0.3 is 10.6 Å². The number of rotatable bonds is 6. The maximum Gasteiger partial charge on any atom is 0.257 e. The van der Waals surface area contributed by atoms with E-state index in [2.05, 4.69) is 25.7 Å². The monoisotopic (exact) mass is 463 g/mol. The van der Waals surface area contributed by atoms with E-state index >= 15 is 0 Å². The fourth-order valence-electron chi connectivity index (χ4n) is 3.90. The summed E-state index contributed by atoms with van der Waals surface area (Å²) in [4.78, 5) is 26.0. The van der Waals surface area contributed by atoms with Crippen molar-refractivity contribution in [3.05, 3.63) is 96.2 Å². The summed E-state index contributed by atoms with van der Waals surface area (Å²) in [6, 6.07) is 15.5. The van der Waals surface area contributed by atoms with Gasteiger partial charge in [-0.15, -0.1) is 0 Å². The SMILES string of the molecule is Cc1cncc(C(=O)Nc2cccc([C@H](C)Nc3cnc4ccc(-c5cnn(C)c5)cc4n3)c2)c1. The fourth-order valence-corrected chi connectivity index (χ4v) is 3.90. The molecule has 35 heavy (non-hydrogen) atoms. The van der Waals surface area contributed by atoms with Crippen LogP contribution in [-0.4, -0.2) is 30.6 Å². The van der Waals surface area contributed by atoms with Gasteiger partial charge in [-0.1, -0.05) is 18.2 Å². The number of fused-ring (bicyclic) bond motifs is 1. The van der Waals surface area contributed by atoms with Crippen molar-refractivity contribution in [1.82, 2.24) is 24.7 Å². The maximum absolute atomic E-state index is 12.6. The van der Waals surface area contributed by atoms with Crippen LogP contribution in [-0.2, 0) is 7.05 Å². The van der Waals surface area contributed by atoms with Crippen LogP contribution >= 0.6 is 0 Å². The van der Waals surface area contributed by atoms with Crippen LogP contribution in [0.1, 0.15) is 34.5 Å². The molecule has 0 fully saturated rings. The Kier molecular flexibility index (Phi) is 5.93. The molecule has 5 rings (SSSR count). The van der Waals surface area contributed by atoms with E-state index in [0.717, 1.165) is 33.3 Å². The molecule has 3 heterocycles. The first-order chi connectivity index (χ1) is 16.9. The highest BCUT2D eigenvalue weighted by molar-refractivity contribution is 6.04. The number of pyridine rings is 1. The predicted octanol–water partition coefficient (Wildman–Crippen LogP) is 5.16. The van der Waals surface area contributed by atoms with Crippen molar-refractivity contribution in [2.75, 3.05) is 10.6 Å². The van der Waals surface area contributed by atoms with Crippen molar-refractivity contribution >= 4 is 28.4 Å². The fraction of sp³-hybridized carbons (Fsp3) is 0.148. The van der Waals surface area contributed by atoms with Crippen molar-refractivity contribution in [3.8, 4) is 11.1 Å². The Morgan fingerprint density at radius 2 is 1.86 bits per heavy atom. The van der Waals surface area contributed by atoms with Crippen molar-refractivity contribution < 1.29 is 4.79 Å². The van der Waals surface area contributed by atoms with Gasteiger partial charge in [0.2, 0.25) is 0 Å². The van der Waals surface area contributed by atoms with E-state index < -0.39 is 0 Å². The minimum Gasteiger partial charge on any atom is -0.362 e. The van der Waals surface area contributed by atoms with Crippen LogP contribution in [0.3, 0.4) is 0 Å². The molecule has 0 bridgehead atoms. The second-order valence-electron chi connectivity index (χ2n) is 8.56. The highest BCUT2D eigenvalue weighted by atomic mass is 16.1. The lowest BCUT2D eigenvalue weighted by molar-refractivity contribution is 0.102. The Morgan fingerprint density at radius 1 is 0.971 bits per heavy atom. The van der Waals surface area contributed by atoms with Crippen LogP contribution < -0.4 is 10.6 Å². The summed E-state index contributed by atoms with van der Waals surface area (Å²) in [5.41, 5.74) is 6.89. The summed E-state index contributed by atoms with van der Waals surface area (Å²) in [7, 11) is 1.90. The Morgan fingerprint density at radius 3 is 2.66 bits per heavy atom. The highest BCUT2D eigenvalue weighted by Gasteiger charge is 2.11. The third-order valence-electron chi connectivity index (χ3n) is 5.73. The molecule has 1 amide bonds. The minimum absolute atomic E-state index is 0.0549. The van der Waals surface area contributed by atoms with Crippen LogP contribution in [0, 0.1) is 6.92 Å². The molecule has 3 aromatic heterocycles.